The molecule has 2 aromatic carbocycles. The summed E-state index contributed by atoms with van der Waals surface area (Å²) in [6, 6.07) is 21.0. The van der Waals surface area contributed by atoms with Crippen molar-refractivity contribution in [2.24, 2.45) is 0 Å². The van der Waals surface area contributed by atoms with Crippen molar-refractivity contribution in [1.29, 1.82) is 0 Å². The summed E-state index contributed by atoms with van der Waals surface area (Å²) in [7, 11) is -2.61. The van der Waals surface area contributed by atoms with E-state index >= 15 is 0 Å². The fourth-order valence-electron chi connectivity index (χ4n) is 4.56. The van der Waals surface area contributed by atoms with Crippen molar-refractivity contribution >= 4 is 30.6 Å². The van der Waals surface area contributed by atoms with Gasteiger partial charge in [0.2, 0.25) is 0 Å². The maximum Gasteiger partial charge on any atom is 0.303 e. The molecule has 0 bridgehead atoms. The minimum absolute atomic E-state index is 0.0211. The SMILES string of the molecule is CC(=O)OC[C@H]1O[C@H](C#CCCO[Si](c2ccccc2)(c2ccccc2)C(C)(C)C)C=C[C@@H]1OC(C)=O. The Bertz CT molecular complexity index is 1090. The number of benzene rings is 2. The lowest BCUT2D eigenvalue weighted by Crippen LogP contribution is -2.66. The summed E-state index contributed by atoms with van der Waals surface area (Å²) in [5, 5.41) is 2.35. The molecule has 0 unspecified atom stereocenters. The van der Waals surface area contributed by atoms with Crippen molar-refractivity contribution in [2.45, 2.75) is 64.4 Å². The average molecular weight is 521 g/mol. The van der Waals surface area contributed by atoms with Crippen molar-refractivity contribution in [3.05, 3.63) is 72.8 Å². The van der Waals surface area contributed by atoms with Crippen LogP contribution in [-0.2, 0) is 28.2 Å². The van der Waals surface area contributed by atoms with Crippen LogP contribution in [0, 0.1) is 11.8 Å². The lowest BCUT2D eigenvalue weighted by atomic mass is 10.1. The molecule has 0 amide bonds. The van der Waals surface area contributed by atoms with E-state index in [4.69, 9.17) is 18.6 Å². The lowest BCUT2D eigenvalue weighted by molar-refractivity contribution is -0.161. The molecule has 0 saturated carbocycles. The molecule has 0 spiro atoms. The first kappa shape index (κ1) is 28.4. The van der Waals surface area contributed by atoms with E-state index in [0.29, 0.717) is 13.0 Å². The van der Waals surface area contributed by atoms with E-state index in [-0.39, 0.29) is 11.6 Å². The second kappa shape index (κ2) is 12.9. The van der Waals surface area contributed by atoms with Gasteiger partial charge < -0.3 is 18.6 Å². The van der Waals surface area contributed by atoms with Crippen molar-refractivity contribution < 1.29 is 28.2 Å². The summed E-state index contributed by atoms with van der Waals surface area (Å²) in [6.07, 6.45) is 2.27. The highest BCUT2D eigenvalue weighted by molar-refractivity contribution is 6.99. The molecular formula is C30H36O6Si. The van der Waals surface area contributed by atoms with Crippen molar-refractivity contribution in [2.75, 3.05) is 13.2 Å². The van der Waals surface area contributed by atoms with Crippen LogP contribution in [-0.4, -0.2) is 51.8 Å². The molecule has 1 heterocycles. The van der Waals surface area contributed by atoms with Gasteiger partial charge in [-0.1, -0.05) is 93.3 Å². The number of hydrogen-bond acceptors (Lipinski definition) is 6. The van der Waals surface area contributed by atoms with Gasteiger partial charge in [0.1, 0.15) is 24.9 Å². The van der Waals surface area contributed by atoms with Crippen LogP contribution >= 0.6 is 0 Å². The summed E-state index contributed by atoms with van der Waals surface area (Å²) in [6.45, 7) is 9.84. The van der Waals surface area contributed by atoms with E-state index in [2.05, 4.69) is 81.1 Å². The molecule has 1 aliphatic rings. The molecule has 6 nitrogen and oxygen atoms in total. The zero-order chi connectivity index (χ0) is 26.9. The first-order valence-electron chi connectivity index (χ1n) is 12.5. The van der Waals surface area contributed by atoms with Crippen molar-refractivity contribution in [1.82, 2.24) is 0 Å². The van der Waals surface area contributed by atoms with Crippen LogP contribution in [0.3, 0.4) is 0 Å². The largest absolute Gasteiger partial charge is 0.463 e. The second-order valence-electron chi connectivity index (χ2n) is 9.94. The Kier molecular flexibility index (Phi) is 9.87. The Morgan fingerprint density at radius 3 is 2.03 bits per heavy atom. The maximum atomic E-state index is 11.4. The molecule has 196 valence electrons. The molecular weight excluding hydrogens is 484 g/mol. The predicted octanol–water partition coefficient (Wildman–Crippen LogP) is 3.77. The third-order valence-electron chi connectivity index (χ3n) is 6.12. The minimum Gasteiger partial charge on any atom is -0.463 e. The van der Waals surface area contributed by atoms with Gasteiger partial charge in [-0.25, -0.2) is 0 Å². The summed E-state index contributed by atoms with van der Waals surface area (Å²) in [5.74, 6) is 5.43. The molecule has 0 aromatic heterocycles. The highest BCUT2D eigenvalue weighted by Crippen LogP contribution is 2.36. The fourth-order valence-corrected chi connectivity index (χ4v) is 9.12. The standard InChI is InChI=1S/C30H36O6Si/c1-23(31)33-22-29-28(35-24(2)32)20-19-25(36-29)14-12-13-21-34-37(30(3,4)5,26-15-8-6-9-16-26)27-17-10-7-11-18-27/h6-11,15-20,25,28-29H,13,21-22H2,1-5H3/t25-,28+,29-/m1/s1. The van der Waals surface area contributed by atoms with Crippen molar-refractivity contribution in [3.8, 4) is 11.8 Å². The minimum atomic E-state index is -2.61. The lowest BCUT2D eigenvalue weighted by Gasteiger charge is -2.43. The number of carbonyl (C=O) groups excluding carboxylic acids is 2. The van der Waals surface area contributed by atoms with Gasteiger partial charge in [-0.05, 0) is 27.6 Å². The first-order valence-corrected chi connectivity index (χ1v) is 14.4. The van der Waals surface area contributed by atoms with E-state index in [1.807, 2.05) is 12.1 Å². The maximum absolute atomic E-state index is 11.4. The molecule has 0 fully saturated rings. The Morgan fingerprint density at radius 2 is 1.51 bits per heavy atom. The summed E-state index contributed by atoms with van der Waals surface area (Å²) >= 11 is 0. The molecule has 1 aliphatic heterocycles. The first-order chi connectivity index (χ1) is 17.6. The smallest absolute Gasteiger partial charge is 0.303 e. The van der Waals surface area contributed by atoms with Gasteiger partial charge in [-0.2, -0.15) is 0 Å². The third-order valence-corrected chi connectivity index (χ3v) is 11.2. The van der Waals surface area contributed by atoms with Crippen LogP contribution in [0.4, 0.5) is 0 Å². The molecule has 0 N–H and O–H groups in total. The van der Waals surface area contributed by atoms with E-state index < -0.39 is 38.6 Å². The van der Waals surface area contributed by atoms with Gasteiger partial charge in [0, 0.05) is 26.9 Å². The third kappa shape index (κ3) is 7.42. The topological polar surface area (TPSA) is 71.1 Å². The van der Waals surface area contributed by atoms with Crippen LogP contribution in [0.15, 0.2) is 72.8 Å². The van der Waals surface area contributed by atoms with Crippen LogP contribution < -0.4 is 10.4 Å². The zero-order valence-corrected chi connectivity index (χ0v) is 23.2. The molecule has 0 aliphatic carbocycles. The highest BCUT2D eigenvalue weighted by Gasteiger charge is 2.49. The Hall–Kier alpha value is -3.18. The van der Waals surface area contributed by atoms with Crippen LogP contribution in [0.1, 0.15) is 41.0 Å². The molecule has 3 rings (SSSR count). The van der Waals surface area contributed by atoms with Gasteiger partial charge >= 0.3 is 11.9 Å². The Morgan fingerprint density at radius 1 is 0.919 bits per heavy atom. The number of esters is 2. The Labute approximate surface area is 221 Å². The van der Waals surface area contributed by atoms with Crippen LogP contribution in [0.2, 0.25) is 5.04 Å². The molecule has 7 heteroatoms. The molecule has 2 aromatic rings. The van der Waals surface area contributed by atoms with Crippen LogP contribution in [0.25, 0.3) is 0 Å². The quantitative estimate of drug-likeness (QED) is 0.174. The van der Waals surface area contributed by atoms with Gasteiger partial charge in [-0.3, -0.25) is 9.59 Å². The normalized spacial score (nSPS) is 19.4. The number of carbonyl (C=O) groups is 2. The van der Waals surface area contributed by atoms with E-state index in [0.717, 1.165) is 0 Å². The number of rotatable bonds is 8. The molecule has 3 atom stereocenters. The van der Waals surface area contributed by atoms with E-state index in [1.165, 1.54) is 24.2 Å². The van der Waals surface area contributed by atoms with Gasteiger partial charge in [0.25, 0.3) is 8.32 Å². The second-order valence-corrected chi connectivity index (χ2v) is 14.2. The van der Waals surface area contributed by atoms with Gasteiger partial charge in [0.15, 0.2) is 0 Å². The average Bonchev–Trinajstić information content (AvgIpc) is 2.86. The molecule has 37 heavy (non-hydrogen) atoms. The van der Waals surface area contributed by atoms with Crippen LogP contribution in [0.5, 0.6) is 0 Å². The number of hydrogen-bond donors (Lipinski definition) is 0. The molecule has 0 saturated heterocycles. The predicted molar refractivity (Wildman–Crippen MR) is 146 cm³/mol. The zero-order valence-electron chi connectivity index (χ0n) is 22.2. The monoisotopic (exact) mass is 520 g/mol. The molecule has 0 radical (unpaired) electrons. The fraction of sp³-hybridized carbons (Fsp3) is 0.400. The number of ether oxygens (including phenoxy) is 3. The van der Waals surface area contributed by atoms with E-state index in [1.54, 1.807) is 12.2 Å². The van der Waals surface area contributed by atoms with Gasteiger partial charge in [-0.15, -0.1) is 0 Å². The summed E-state index contributed by atoms with van der Waals surface area (Å²) in [4.78, 5) is 22.7. The Balaban J connectivity index is 1.74. The van der Waals surface area contributed by atoms with Crippen molar-refractivity contribution in [3.63, 3.8) is 0 Å². The van der Waals surface area contributed by atoms with E-state index in [9.17, 15) is 9.59 Å². The highest BCUT2D eigenvalue weighted by atomic mass is 28.4. The summed E-state index contributed by atoms with van der Waals surface area (Å²) < 4.78 is 23.2. The van der Waals surface area contributed by atoms with Gasteiger partial charge in [0.05, 0.1) is 0 Å². The summed E-state index contributed by atoms with van der Waals surface area (Å²) in [5.41, 5.74) is 0.